The van der Waals surface area contributed by atoms with Crippen molar-refractivity contribution >= 4 is 11.6 Å². The molecule has 0 bridgehead atoms. The highest BCUT2D eigenvalue weighted by Gasteiger charge is 2.13. The number of pyridine rings is 2. The Bertz CT molecular complexity index is 1200. The summed E-state index contributed by atoms with van der Waals surface area (Å²) in [7, 11) is 1.60. The summed E-state index contributed by atoms with van der Waals surface area (Å²) in [6.07, 6.45) is 3.11. The Morgan fingerprint density at radius 2 is 1.77 bits per heavy atom. The molecule has 0 radical (unpaired) electrons. The summed E-state index contributed by atoms with van der Waals surface area (Å²) in [6.45, 7) is 3.87. The van der Waals surface area contributed by atoms with Gasteiger partial charge in [0, 0.05) is 18.1 Å². The van der Waals surface area contributed by atoms with E-state index in [0.717, 1.165) is 17.1 Å². The third-order valence-electron chi connectivity index (χ3n) is 4.53. The SMILES string of the molecule is COc1ccc(Oc2ncccc2NC(=O)c2ccc(-n3nc(C)cc3C)nc2)cc1. The van der Waals surface area contributed by atoms with Crippen molar-refractivity contribution in [3.05, 3.63) is 83.9 Å². The molecule has 3 aromatic heterocycles. The Labute approximate surface area is 179 Å². The van der Waals surface area contributed by atoms with Crippen molar-refractivity contribution in [2.75, 3.05) is 12.4 Å². The Balaban J connectivity index is 1.50. The van der Waals surface area contributed by atoms with E-state index in [0.29, 0.717) is 22.8 Å². The molecule has 1 N–H and O–H groups in total. The van der Waals surface area contributed by atoms with Crippen LogP contribution in [0.5, 0.6) is 17.4 Å². The van der Waals surface area contributed by atoms with Gasteiger partial charge in [-0.1, -0.05) is 0 Å². The van der Waals surface area contributed by atoms with Gasteiger partial charge in [0.05, 0.1) is 18.4 Å². The van der Waals surface area contributed by atoms with E-state index >= 15 is 0 Å². The maximum Gasteiger partial charge on any atom is 0.257 e. The highest BCUT2D eigenvalue weighted by atomic mass is 16.5. The molecule has 1 aromatic carbocycles. The number of benzene rings is 1. The van der Waals surface area contributed by atoms with Gasteiger partial charge in [-0.3, -0.25) is 4.79 Å². The molecular formula is C23H21N5O3. The van der Waals surface area contributed by atoms with Crippen LogP contribution in [0.2, 0.25) is 0 Å². The second-order valence-electron chi connectivity index (χ2n) is 6.83. The van der Waals surface area contributed by atoms with Crippen molar-refractivity contribution in [1.82, 2.24) is 19.7 Å². The third kappa shape index (κ3) is 4.53. The molecule has 0 atom stereocenters. The minimum absolute atomic E-state index is 0.285. The average molecular weight is 415 g/mol. The summed E-state index contributed by atoms with van der Waals surface area (Å²) in [4.78, 5) is 21.4. The van der Waals surface area contributed by atoms with Crippen molar-refractivity contribution in [2.45, 2.75) is 13.8 Å². The van der Waals surface area contributed by atoms with Crippen LogP contribution in [0.3, 0.4) is 0 Å². The summed E-state index contributed by atoms with van der Waals surface area (Å²) < 4.78 is 12.7. The van der Waals surface area contributed by atoms with Crippen molar-refractivity contribution in [3.63, 3.8) is 0 Å². The Kier molecular flexibility index (Phi) is 5.61. The lowest BCUT2D eigenvalue weighted by Crippen LogP contribution is -2.14. The molecule has 0 saturated heterocycles. The number of hydrogen-bond donors (Lipinski definition) is 1. The second-order valence-corrected chi connectivity index (χ2v) is 6.83. The molecule has 0 saturated carbocycles. The van der Waals surface area contributed by atoms with E-state index in [2.05, 4.69) is 20.4 Å². The maximum atomic E-state index is 12.7. The number of carbonyl (C=O) groups excluding carboxylic acids is 1. The first-order valence-corrected chi connectivity index (χ1v) is 9.61. The van der Waals surface area contributed by atoms with E-state index in [1.165, 1.54) is 6.20 Å². The maximum absolute atomic E-state index is 12.7. The van der Waals surface area contributed by atoms with E-state index in [1.807, 2.05) is 19.9 Å². The van der Waals surface area contributed by atoms with Crippen molar-refractivity contribution in [2.24, 2.45) is 0 Å². The molecule has 0 aliphatic rings. The van der Waals surface area contributed by atoms with E-state index < -0.39 is 0 Å². The third-order valence-corrected chi connectivity index (χ3v) is 4.53. The zero-order valence-corrected chi connectivity index (χ0v) is 17.4. The Morgan fingerprint density at radius 1 is 1.00 bits per heavy atom. The molecule has 4 aromatic rings. The largest absolute Gasteiger partial charge is 0.497 e. The number of nitrogens with one attached hydrogen (secondary N) is 1. The summed E-state index contributed by atoms with van der Waals surface area (Å²) in [6, 6.07) is 16.0. The molecule has 1 amide bonds. The molecule has 0 spiro atoms. The zero-order chi connectivity index (χ0) is 21.8. The lowest BCUT2D eigenvalue weighted by atomic mass is 10.2. The van der Waals surface area contributed by atoms with Crippen molar-refractivity contribution in [3.8, 4) is 23.2 Å². The van der Waals surface area contributed by atoms with E-state index in [4.69, 9.17) is 9.47 Å². The lowest BCUT2D eigenvalue weighted by Gasteiger charge is -2.11. The number of aromatic nitrogens is 4. The van der Waals surface area contributed by atoms with Gasteiger partial charge in [-0.2, -0.15) is 5.10 Å². The Hall–Kier alpha value is -4.20. The van der Waals surface area contributed by atoms with Crippen LogP contribution in [0, 0.1) is 13.8 Å². The minimum atomic E-state index is -0.319. The first-order chi connectivity index (χ1) is 15.0. The number of rotatable bonds is 6. The van der Waals surface area contributed by atoms with E-state index in [-0.39, 0.29) is 11.8 Å². The number of anilines is 1. The summed E-state index contributed by atoms with van der Waals surface area (Å²) in [5.74, 6) is 1.91. The molecule has 0 aliphatic heterocycles. The average Bonchev–Trinajstić information content (AvgIpc) is 3.13. The quantitative estimate of drug-likeness (QED) is 0.504. The topological polar surface area (TPSA) is 91.2 Å². The van der Waals surface area contributed by atoms with Gasteiger partial charge in [0.25, 0.3) is 5.91 Å². The highest BCUT2D eigenvalue weighted by molar-refractivity contribution is 6.04. The number of aryl methyl sites for hydroxylation is 2. The van der Waals surface area contributed by atoms with Gasteiger partial charge in [-0.15, -0.1) is 0 Å². The van der Waals surface area contributed by atoms with Gasteiger partial charge in [-0.05, 0) is 68.4 Å². The van der Waals surface area contributed by atoms with Crippen LogP contribution in [-0.4, -0.2) is 32.8 Å². The molecule has 8 nitrogen and oxygen atoms in total. The summed E-state index contributed by atoms with van der Waals surface area (Å²) >= 11 is 0. The minimum Gasteiger partial charge on any atom is -0.497 e. The number of amides is 1. The normalized spacial score (nSPS) is 10.5. The number of nitrogens with zero attached hydrogens (tertiary/aromatic N) is 4. The predicted octanol–water partition coefficient (Wildman–Crippen LogP) is 4.33. The summed E-state index contributed by atoms with van der Waals surface area (Å²) in [5.41, 5.74) is 2.73. The van der Waals surface area contributed by atoms with Gasteiger partial charge in [0.15, 0.2) is 5.82 Å². The van der Waals surface area contributed by atoms with Crippen LogP contribution in [-0.2, 0) is 0 Å². The van der Waals surface area contributed by atoms with E-state index in [9.17, 15) is 4.79 Å². The molecular weight excluding hydrogens is 394 g/mol. The second kappa shape index (κ2) is 8.66. The smallest absolute Gasteiger partial charge is 0.257 e. The summed E-state index contributed by atoms with van der Waals surface area (Å²) in [5, 5.41) is 7.24. The van der Waals surface area contributed by atoms with Gasteiger partial charge in [0.2, 0.25) is 5.88 Å². The van der Waals surface area contributed by atoms with Crippen LogP contribution in [0.1, 0.15) is 21.7 Å². The standard InChI is InChI=1S/C23H21N5O3/c1-15-13-16(2)28(27-15)21-11-6-17(14-25-21)22(29)26-20-5-4-12-24-23(20)31-19-9-7-18(30-3)8-10-19/h4-14H,1-3H3,(H,26,29). The highest BCUT2D eigenvalue weighted by Crippen LogP contribution is 2.28. The first-order valence-electron chi connectivity index (χ1n) is 9.61. The molecule has 0 fully saturated rings. The number of methoxy groups -OCH3 is 1. The van der Waals surface area contributed by atoms with Crippen LogP contribution in [0.15, 0.2) is 67.0 Å². The van der Waals surface area contributed by atoms with Crippen LogP contribution in [0.25, 0.3) is 5.82 Å². The first kappa shape index (κ1) is 20.1. The fourth-order valence-corrected chi connectivity index (χ4v) is 3.02. The predicted molar refractivity (Wildman–Crippen MR) is 116 cm³/mol. The molecule has 0 aliphatic carbocycles. The monoisotopic (exact) mass is 415 g/mol. The van der Waals surface area contributed by atoms with Crippen LogP contribution < -0.4 is 14.8 Å². The fourth-order valence-electron chi connectivity index (χ4n) is 3.02. The molecule has 156 valence electrons. The lowest BCUT2D eigenvalue weighted by molar-refractivity contribution is 0.102. The van der Waals surface area contributed by atoms with Crippen molar-refractivity contribution in [1.29, 1.82) is 0 Å². The molecule has 4 rings (SSSR count). The van der Waals surface area contributed by atoms with Gasteiger partial charge >= 0.3 is 0 Å². The fraction of sp³-hybridized carbons (Fsp3) is 0.130. The number of hydrogen-bond acceptors (Lipinski definition) is 6. The Morgan fingerprint density at radius 3 is 2.42 bits per heavy atom. The number of carbonyl (C=O) groups is 1. The van der Waals surface area contributed by atoms with Gasteiger partial charge in [-0.25, -0.2) is 14.6 Å². The molecule has 8 heteroatoms. The van der Waals surface area contributed by atoms with Gasteiger partial charge in [0.1, 0.15) is 17.2 Å². The van der Waals surface area contributed by atoms with Crippen LogP contribution >= 0.6 is 0 Å². The number of ether oxygens (including phenoxy) is 2. The molecule has 3 heterocycles. The van der Waals surface area contributed by atoms with Crippen LogP contribution in [0.4, 0.5) is 5.69 Å². The molecule has 31 heavy (non-hydrogen) atoms. The van der Waals surface area contributed by atoms with Crippen molar-refractivity contribution < 1.29 is 14.3 Å². The molecule has 0 unspecified atom stereocenters. The zero-order valence-electron chi connectivity index (χ0n) is 17.4. The van der Waals surface area contributed by atoms with E-state index in [1.54, 1.807) is 66.5 Å². The van der Waals surface area contributed by atoms with Gasteiger partial charge < -0.3 is 14.8 Å².